The molecule has 2 unspecified atom stereocenters. The number of benzene rings is 1. The first-order valence-electron chi connectivity index (χ1n) is 7.69. The van der Waals surface area contributed by atoms with Crippen molar-refractivity contribution in [3.63, 3.8) is 0 Å². The third kappa shape index (κ3) is 3.42. The Morgan fingerprint density at radius 2 is 1.86 bits per heavy atom. The summed E-state index contributed by atoms with van der Waals surface area (Å²) in [4.78, 5) is 0. The average Bonchev–Trinajstić information content (AvgIpc) is 2.63. The summed E-state index contributed by atoms with van der Waals surface area (Å²) in [5, 5.41) is 17.4. The molecule has 1 aromatic carbocycles. The van der Waals surface area contributed by atoms with Gasteiger partial charge in [0.15, 0.2) is 0 Å². The van der Waals surface area contributed by atoms with Crippen LogP contribution in [-0.2, 0) is 6.42 Å². The van der Waals surface area contributed by atoms with E-state index in [2.05, 4.69) is 27.7 Å². The van der Waals surface area contributed by atoms with Gasteiger partial charge in [-0.25, -0.2) is 0 Å². The molecule has 0 aromatic heterocycles. The topological polar surface area (TPSA) is 35.8 Å². The van der Waals surface area contributed by atoms with E-state index in [0.29, 0.717) is 22.5 Å². The van der Waals surface area contributed by atoms with Crippen LogP contribution in [0.15, 0.2) is 23.3 Å². The van der Waals surface area contributed by atoms with Crippen LogP contribution in [0.25, 0.3) is 0 Å². The molecular formula is C17H24Cl2N2O. The van der Waals surface area contributed by atoms with Crippen molar-refractivity contribution >= 4 is 28.9 Å². The van der Waals surface area contributed by atoms with Crippen LogP contribution in [-0.4, -0.2) is 35.0 Å². The van der Waals surface area contributed by atoms with Crippen molar-refractivity contribution in [3.8, 4) is 0 Å². The number of aliphatic hydroxyl groups is 1. The zero-order valence-corrected chi connectivity index (χ0v) is 15.1. The van der Waals surface area contributed by atoms with Gasteiger partial charge in [-0.2, -0.15) is 5.10 Å². The standard InChI is InChI=1S/C17H24Cl2N2O/c1-11(2)16-17(4,12(3)21(20-16)5-6-22)10-13-7-14(18)9-15(19)8-13/h7-9,11-12,22H,5-6,10H2,1-4H3. The van der Waals surface area contributed by atoms with Gasteiger partial charge in [0.2, 0.25) is 0 Å². The van der Waals surface area contributed by atoms with E-state index in [0.717, 1.165) is 12.0 Å². The van der Waals surface area contributed by atoms with Gasteiger partial charge in [-0.1, -0.05) is 44.0 Å². The Labute approximate surface area is 142 Å². The summed E-state index contributed by atoms with van der Waals surface area (Å²) in [6, 6.07) is 5.91. The molecule has 1 heterocycles. The van der Waals surface area contributed by atoms with Gasteiger partial charge in [-0.05, 0) is 43.0 Å². The maximum Gasteiger partial charge on any atom is 0.0623 e. The van der Waals surface area contributed by atoms with Crippen molar-refractivity contribution in [2.75, 3.05) is 13.2 Å². The Kier molecular flexibility index (Phi) is 5.41. The van der Waals surface area contributed by atoms with Crippen molar-refractivity contribution in [1.82, 2.24) is 5.01 Å². The van der Waals surface area contributed by atoms with Gasteiger partial charge in [-0.15, -0.1) is 0 Å². The van der Waals surface area contributed by atoms with E-state index in [-0.39, 0.29) is 18.1 Å². The largest absolute Gasteiger partial charge is 0.394 e. The number of hydrogen-bond donors (Lipinski definition) is 1. The average molecular weight is 343 g/mol. The number of nitrogens with zero attached hydrogens (tertiary/aromatic N) is 2. The van der Waals surface area contributed by atoms with Crippen LogP contribution in [0.3, 0.4) is 0 Å². The molecular weight excluding hydrogens is 319 g/mol. The molecule has 2 atom stereocenters. The van der Waals surface area contributed by atoms with E-state index in [4.69, 9.17) is 28.3 Å². The molecule has 0 spiro atoms. The molecule has 122 valence electrons. The van der Waals surface area contributed by atoms with Crippen molar-refractivity contribution in [2.45, 2.75) is 40.2 Å². The first-order chi connectivity index (χ1) is 10.3. The van der Waals surface area contributed by atoms with E-state index in [1.165, 1.54) is 5.71 Å². The Morgan fingerprint density at radius 3 is 2.36 bits per heavy atom. The quantitative estimate of drug-likeness (QED) is 0.868. The summed E-state index contributed by atoms with van der Waals surface area (Å²) in [7, 11) is 0. The van der Waals surface area contributed by atoms with Gasteiger partial charge in [0.05, 0.1) is 19.2 Å². The highest BCUT2D eigenvalue weighted by molar-refractivity contribution is 6.34. The van der Waals surface area contributed by atoms with E-state index >= 15 is 0 Å². The second-order valence-corrected chi connectivity index (χ2v) is 7.45. The molecule has 0 saturated carbocycles. The molecule has 0 fully saturated rings. The van der Waals surface area contributed by atoms with Crippen LogP contribution in [0.1, 0.15) is 33.3 Å². The highest BCUT2D eigenvalue weighted by atomic mass is 35.5. The van der Waals surface area contributed by atoms with Crippen molar-refractivity contribution < 1.29 is 5.11 Å². The third-order valence-corrected chi connectivity index (χ3v) is 5.00. The molecule has 1 aromatic rings. The minimum atomic E-state index is -0.0999. The summed E-state index contributed by atoms with van der Waals surface area (Å²) in [5.74, 6) is 0.353. The number of hydrogen-bond acceptors (Lipinski definition) is 3. The van der Waals surface area contributed by atoms with Gasteiger partial charge < -0.3 is 5.11 Å². The first-order valence-corrected chi connectivity index (χ1v) is 8.45. The highest BCUT2D eigenvalue weighted by Crippen LogP contribution is 2.40. The SMILES string of the molecule is CC(C)C1=NN(CCO)C(C)C1(C)Cc1cc(Cl)cc(Cl)c1. The lowest BCUT2D eigenvalue weighted by molar-refractivity contribution is 0.135. The van der Waals surface area contributed by atoms with Crippen molar-refractivity contribution in [2.24, 2.45) is 16.4 Å². The molecule has 0 amide bonds. The normalized spacial score (nSPS) is 25.0. The first kappa shape index (κ1) is 17.6. The summed E-state index contributed by atoms with van der Waals surface area (Å²) in [6.07, 6.45) is 0.827. The van der Waals surface area contributed by atoms with E-state index in [9.17, 15) is 5.11 Å². The molecule has 1 N–H and O–H groups in total. The maximum absolute atomic E-state index is 9.26. The fourth-order valence-electron chi connectivity index (χ4n) is 3.38. The predicted octanol–water partition coefficient (Wildman–Crippen LogP) is 4.25. The number of β-amino-alcohol motifs (C(OH)–C–C–N with tert-alkyl or cyclic N) is 1. The monoisotopic (exact) mass is 342 g/mol. The third-order valence-electron chi connectivity index (χ3n) is 4.56. The van der Waals surface area contributed by atoms with Crippen LogP contribution in [0, 0.1) is 11.3 Å². The van der Waals surface area contributed by atoms with Crippen LogP contribution >= 0.6 is 23.2 Å². The van der Waals surface area contributed by atoms with Crippen LogP contribution in [0.5, 0.6) is 0 Å². The molecule has 0 saturated heterocycles. The summed E-state index contributed by atoms with van der Waals surface area (Å²) < 4.78 is 0. The van der Waals surface area contributed by atoms with Crippen LogP contribution in [0.2, 0.25) is 10.0 Å². The van der Waals surface area contributed by atoms with E-state index in [1.807, 2.05) is 17.1 Å². The number of aliphatic hydroxyl groups excluding tert-OH is 1. The fraction of sp³-hybridized carbons (Fsp3) is 0.588. The molecule has 1 aliphatic heterocycles. The summed E-state index contributed by atoms with van der Waals surface area (Å²) >= 11 is 12.3. The molecule has 0 aliphatic carbocycles. The number of rotatable bonds is 5. The summed E-state index contributed by atoms with van der Waals surface area (Å²) in [5.41, 5.74) is 2.19. The van der Waals surface area contributed by atoms with Crippen molar-refractivity contribution in [1.29, 1.82) is 0 Å². The molecule has 1 aliphatic rings. The lowest BCUT2D eigenvalue weighted by Crippen LogP contribution is -2.43. The number of hydrazone groups is 1. The summed E-state index contributed by atoms with van der Waals surface area (Å²) in [6.45, 7) is 9.40. The minimum absolute atomic E-state index is 0.0999. The Hall–Kier alpha value is -0.770. The minimum Gasteiger partial charge on any atom is -0.394 e. The molecule has 0 bridgehead atoms. The Morgan fingerprint density at radius 1 is 1.27 bits per heavy atom. The van der Waals surface area contributed by atoms with Gasteiger partial charge >= 0.3 is 0 Å². The fourth-order valence-corrected chi connectivity index (χ4v) is 3.95. The molecule has 5 heteroatoms. The van der Waals surface area contributed by atoms with Gasteiger partial charge in [0, 0.05) is 21.2 Å². The lowest BCUT2D eigenvalue weighted by atomic mass is 9.71. The lowest BCUT2D eigenvalue weighted by Gasteiger charge is -2.35. The van der Waals surface area contributed by atoms with Crippen molar-refractivity contribution in [3.05, 3.63) is 33.8 Å². The zero-order chi connectivity index (χ0) is 16.5. The Bertz CT molecular complexity index is 554. The van der Waals surface area contributed by atoms with Gasteiger partial charge in [0.25, 0.3) is 0 Å². The number of halogens is 2. The van der Waals surface area contributed by atoms with Gasteiger partial charge in [0.1, 0.15) is 0 Å². The van der Waals surface area contributed by atoms with E-state index in [1.54, 1.807) is 6.07 Å². The Balaban J connectivity index is 2.35. The molecule has 22 heavy (non-hydrogen) atoms. The van der Waals surface area contributed by atoms with E-state index < -0.39 is 0 Å². The van der Waals surface area contributed by atoms with Crippen LogP contribution < -0.4 is 0 Å². The molecule has 2 rings (SSSR count). The smallest absolute Gasteiger partial charge is 0.0623 e. The zero-order valence-electron chi connectivity index (χ0n) is 13.6. The predicted molar refractivity (Wildman–Crippen MR) is 93.8 cm³/mol. The highest BCUT2D eigenvalue weighted by Gasteiger charge is 2.45. The van der Waals surface area contributed by atoms with Crippen LogP contribution in [0.4, 0.5) is 0 Å². The van der Waals surface area contributed by atoms with Gasteiger partial charge in [-0.3, -0.25) is 5.01 Å². The molecule has 3 nitrogen and oxygen atoms in total. The molecule has 0 radical (unpaired) electrons. The maximum atomic E-state index is 9.26. The second kappa shape index (κ2) is 6.77. The second-order valence-electron chi connectivity index (χ2n) is 6.57.